The molecule has 0 saturated heterocycles. The number of phosphoric acid groups is 2. The molecule has 0 bridgehead atoms. The van der Waals surface area contributed by atoms with Crippen LogP contribution in [0.3, 0.4) is 0 Å². The summed E-state index contributed by atoms with van der Waals surface area (Å²) in [7, 11) is -8.47. The molecule has 0 aliphatic rings. The lowest BCUT2D eigenvalue weighted by atomic mass is 9.77. The van der Waals surface area contributed by atoms with Gasteiger partial charge in [-0.3, -0.25) is 0 Å². The molecule has 0 N–H and O–H groups in total. The Morgan fingerprint density at radius 1 is 0.455 bits per heavy atom. The first kappa shape index (κ1) is 38.8. The van der Waals surface area contributed by atoms with Gasteiger partial charge >= 0.3 is 15.6 Å². The van der Waals surface area contributed by atoms with E-state index in [4.69, 9.17) is 27.1 Å². The maximum absolute atomic E-state index is 14.3. The lowest BCUT2D eigenvalue weighted by molar-refractivity contribution is 0.296. The molecule has 0 saturated carbocycles. The van der Waals surface area contributed by atoms with Crippen molar-refractivity contribution in [2.24, 2.45) is 0 Å². The maximum Gasteiger partial charge on any atom is 0.647 e. The van der Waals surface area contributed by atoms with Gasteiger partial charge in [-0.05, 0) is 95.8 Å². The number of hydrogen-bond acceptors (Lipinski definition) is 8. The Hall–Kier alpha value is -5.94. The molecule has 6 aromatic rings. The molecule has 0 spiro atoms. The van der Waals surface area contributed by atoms with Crippen LogP contribution >= 0.6 is 15.6 Å². The van der Waals surface area contributed by atoms with Gasteiger partial charge in [-0.25, -0.2) is 0 Å². The molecule has 0 radical (unpaired) electrons. The number of benzene rings is 6. The minimum absolute atomic E-state index is 0.332. The highest BCUT2D eigenvalue weighted by Gasteiger charge is 2.36. The summed E-state index contributed by atoms with van der Waals surface area (Å²) in [5.41, 5.74) is 2.81. The molecule has 10 heteroatoms. The van der Waals surface area contributed by atoms with E-state index in [1.807, 2.05) is 48.5 Å². The van der Waals surface area contributed by atoms with Crippen LogP contribution in [0.5, 0.6) is 34.5 Å². The first-order valence-electron chi connectivity index (χ1n) is 17.6. The van der Waals surface area contributed by atoms with Crippen molar-refractivity contribution in [1.82, 2.24) is 0 Å². The van der Waals surface area contributed by atoms with Crippen LogP contribution in [0.15, 0.2) is 183 Å². The van der Waals surface area contributed by atoms with Crippen molar-refractivity contribution in [3.05, 3.63) is 205 Å². The van der Waals surface area contributed by atoms with Crippen LogP contribution in [0.2, 0.25) is 0 Å². The molecule has 0 heterocycles. The topological polar surface area (TPSA) is 89.5 Å². The summed E-state index contributed by atoms with van der Waals surface area (Å²) in [4.78, 5) is 0. The highest BCUT2D eigenvalue weighted by atomic mass is 31.2. The largest absolute Gasteiger partial charge is 0.647 e. The molecule has 0 aliphatic heterocycles. The van der Waals surface area contributed by atoms with Gasteiger partial charge in [0.05, 0.1) is 0 Å². The first-order valence-corrected chi connectivity index (χ1v) is 20.6. The molecule has 0 aliphatic carbocycles. The van der Waals surface area contributed by atoms with Gasteiger partial charge in [-0.15, -0.1) is 13.2 Å². The summed E-state index contributed by atoms with van der Waals surface area (Å²) in [6.07, 6.45) is 4.34. The van der Waals surface area contributed by atoms with Crippen molar-refractivity contribution in [2.45, 2.75) is 32.1 Å². The van der Waals surface area contributed by atoms with E-state index >= 15 is 0 Å². The number of allylic oxidation sites excluding steroid dienone is 2. The molecular formula is C45H42O8P2. The number of rotatable bonds is 18. The van der Waals surface area contributed by atoms with Gasteiger partial charge < -0.3 is 27.1 Å². The summed E-state index contributed by atoms with van der Waals surface area (Å²) in [6.45, 7) is 12.1. The van der Waals surface area contributed by atoms with E-state index < -0.39 is 21.1 Å². The summed E-state index contributed by atoms with van der Waals surface area (Å²) in [6, 6.07) is 46.4. The Morgan fingerprint density at radius 3 is 1.02 bits per heavy atom. The minimum Gasteiger partial charge on any atom is -0.386 e. The van der Waals surface area contributed by atoms with E-state index in [1.54, 1.807) is 121 Å². The summed E-state index contributed by atoms with van der Waals surface area (Å²) >= 11 is 0. The third-order valence-electron chi connectivity index (χ3n) is 8.55. The fourth-order valence-electron chi connectivity index (χ4n) is 5.71. The number of phosphoric ester groups is 2. The first-order chi connectivity index (χ1) is 26.6. The molecule has 0 fully saturated rings. The van der Waals surface area contributed by atoms with Crippen molar-refractivity contribution in [3.8, 4) is 34.5 Å². The molecule has 0 unspecified atom stereocenters. The van der Waals surface area contributed by atoms with E-state index in [0.717, 1.165) is 22.3 Å². The lowest BCUT2D eigenvalue weighted by Gasteiger charge is -2.29. The number of hydrogen-bond donors (Lipinski definition) is 0. The Balaban J connectivity index is 1.31. The Bertz CT molecular complexity index is 2040. The fourth-order valence-corrected chi connectivity index (χ4v) is 8.29. The fraction of sp³-hybridized carbons (Fsp3) is 0.111. The van der Waals surface area contributed by atoms with E-state index in [1.165, 1.54) is 0 Å². The molecule has 55 heavy (non-hydrogen) atoms. The van der Waals surface area contributed by atoms with Crippen LogP contribution in [0, 0.1) is 0 Å². The molecule has 6 rings (SSSR count). The van der Waals surface area contributed by atoms with Crippen LogP contribution in [0.4, 0.5) is 0 Å². The van der Waals surface area contributed by atoms with Crippen molar-refractivity contribution in [1.29, 1.82) is 0 Å². The molecule has 0 atom stereocenters. The molecule has 6 aromatic carbocycles. The third kappa shape index (κ3) is 10.2. The number of para-hydroxylation sites is 4. The normalized spacial score (nSPS) is 11.5. The van der Waals surface area contributed by atoms with Gasteiger partial charge in [0, 0.05) is 5.41 Å². The highest BCUT2D eigenvalue weighted by molar-refractivity contribution is 7.50. The highest BCUT2D eigenvalue weighted by Crippen LogP contribution is 2.52. The Kier molecular flexibility index (Phi) is 12.3. The molecule has 0 amide bonds. The van der Waals surface area contributed by atoms with Crippen LogP contribution in [0.1, 0.15) is 36.1 Å². The average molecular weight is 773 g/mol. The van der Waals surface area contributed by atoms with Crippen molar-refractivity contribution in [2.75, 3.05) is 0 Å². The van der Waals surface area contributed by atoms with Crippen molar-refractivity contribution < 1.29 is 36.3 Å². The van der Waals surface area contributed by atoms with E-state index in [2.05, 4.69) is 27.0 Å². The van der Waals surface area contributed by atoms with Gasteiger partial charge in [0.2, 0.25) is 0 Å². The van der Waals surface area contributed by atoms with Gasteiger partial charge in [-0.1, -0.05) is 123 Å². The third-order valence-corrected chi connectivity index (χ3v) is 11.1. The maximum atomic E-state index is 14.3. The average Bonchev–Trinajstić information content (AvgIpc) is 3.17. The van der Waals surface area contributed by atoms with E-state index in [9.17, 15) is 9.13 Å². The second-order valence-electron chi connectivity index (χ2n) is 12.9. The predicted molar refractivity (Wildman–Crippen MR) is 218 cm³/mol. The van der Waals surface area contributed by atoms with Gasteiger partial charge in [0.25, 0.3) is 0 Å². The zero-order valence-electron chi connectivity index (χ0n) is 30.7. The zero-order chi connectivity index (χ0) is 38.7. The molecule has 280 valence electrons. The zero-order valence-corrected chi connectivity index (χ0v) is 32.4. The van der Waals surface area contributed by atoms with Crippen LogP contribution < -0.4 is 27.1 Å². The smallest absolute Gasteiger partial charge is 0.386 e. The van der Waals surface area contributed by atoms with E-state index in [-0.39, 0.29) is 0 Å². The molecule has 0 aromatic heterocycles. The summed E-state index contributed by atoms with van der Waals surface area (Å²) in [5.74, 6) is 2.00. The summed E-state index contributed by atoms with van der Waals surface area (Å²) < 4.78 is 64.4. The van der Waals surface area contributed by atoms with Crippen LogP contribution in [-0.4, -0.2) is 0 Å². The van der Waals surface area contributed by atoms with Crippen LogP contribution in [0.25, 0.3) is 0 Å². The lowest BCUT2D eigenvalue weighted by Crippen LogP contribution is -2.20. The van der Waals surface area contributed by atoms with Gasteiger partial charge in [0.15, 0.2) is 0 Å². The molecule has 8 nitrogen and oxygen atoms in total. The predicted octanol–water partition coefficient (Wildman–Crippen LogP) is 12.8. The van der Waals surface area contributed by atoms with Gasteiger partial charge in [0.1, 0.15) is 34.5 Å². The monoisotopic (exact) mass is 772 g/mol. The SMILES string of the molecule is C=CCc1cc(C(C)(C)c2ccc(OP(=O)(Oc3ccccc3)Oc3ccccc3)c(CC=C)c2)ccc1OP(=O)(Oc1ccccc1)Oc1ccccc1. The van der Waals surface area contributed by atoms with Gasteiger partial charge in [-0.2, -0.15) is 9.13 Å². The van der Waals surface area contributed by atoms with Crippen molar-refractivity contribution >= 4 is 15.6 Å². The van der Waals surface area contributed by atoms with E-state index in [0.29, 0.717) is 47.3 Å². The standard InChI is InChI=1S/C45H42O8P2/c1-5-19-35-33-37(29-31-43(35)52-54(46,48-39-21-11-7-12-22-39)49-40-23-13-8-14-24-40)45(3,4)38-30-32-44(36(34-38)20-6-2)53-55(47,50-41-25-15-9-16-26-41)51-42-27-17-10-18-28-42/h5-18,21-34H,1-2,19-20H2,3-4H3. The Morgan fingerprint density at radius 2 is 0.745 bits per heavy atom. The molecular weight excluding hydrogens is 730 g/mol. The second-order valence-corrected chi connectivity index (χ2v) is 15.8. The minimum atomic E-state index is -4.23. The van der Waals surface area contributed by atoms with Crippen LogP contribution in [-0.2, 0) is 27.4 Å². The Labute approximate surface area is 322 Å². The summed E-state index contributed by atoms with van der Waals surface area (Å²) in [5, 5.41) is 0. The quantitative estimate of drug-likeness (QED) is 0.0630. The van der Waals surface area contributed by atoms with Crippen molar-refractivity contribution in [3.63, 3.8) is 0 Å². The second kappa shape index (κ2) is 17.5.